The highest BCUT2D eigenvalue weighted by Crippen LogP contribution is 2.20. The Morgan fingerprint density at radius 1 is 1.33 bits per heavy atom. The third kappa shape index (κ3) is 5.06. The van der Waals surface area contributed by atoms with Crippen molar-refractivity contribution in [1.29, 1.82) is 0 Å². The van der Waals surface area contributed by atoms with Gasteiger partial charge in [-0.1, -0.05) is 22.0 Å². The number of benzene rings is 1. The van der Waals surface area contributed by atoms with Crippen LogP contribution < -0.4 is 10.6 Å². The molecule has 0 saturated heterocycles. The summed E-state index contributed by atoms with van der Waals surface area (Å²) in [5.41, 5.74) is 1.82. The van der Waals surface area contributed by atoms with Crippen LogP contribution in [0.3, 0.4) is 0 Å². The van der Waals surface area contributed by atoms with E-state index in [-0.39, 0.29) is 30.7 Å². The fourth-order valence-electron chi connectivity index (χ4n) is 1.26. The molecular formula is C12H14BrClN2O2. The minimum Gasteiger partial charge on any atom is -0.355 e. The maximum atomic E-state index is 11.6. The van der Waals surface area contributed by atoms with Crippen molar-refractivity contribution in [3.8, 4) is 0 Å². The summed E-state index contributed by atoms with van der Waals surface area (Å²) < 4.78 is 0.941. The number of alkyl halides is 1. The molecule has 0 aliphatic carbocycles. The number of hydrogen-bond donors (Lipinski definition) is 2. The van der Waals surface area contributed by atoms with E-state index in [0.29, 0.717) is 0 Å². The first-order chi connectivity index (χ1) is 8.52. The summed E-state index contributed by atoms with van der Waals surface area (Å²) in [7, 11) is 0. The number of carbonyl (C=O) groups excluding carboxylic acids is 2. The van der Waals surface area contributed by atoms with Crippen LogP contribution in [0.1, 0.15) is 12.0 Å². The Labute approximate surface area is 119 Å². The van der Waals surface area contributed by atoms with Crippen molar-refractivity contribution in [2.75, 3.05) is 17.7 Å². The van der Waals surface area contributed by atoms with Gasteiger partial charge in [-0.05, 0) is 24.6 Å². The molecule has 1 aromatic rings. The topological polar surface area (TPSA) is 58.2 Å². The lowest BCUT2D eigenvalue weighted by Gasteiger charge is -2.07. The van der Waals surface area contributed by atoms with Crippen LogP contribution in [-0.2, 0) is 9.59 Å². The molecule has 2 N–H and O–H groups in total. The highest BCUT2D eigenvalue weighted by molar-refractivity contribution is 9.10. The van der Waals surface area contributed by atoms with E-state index in [4.69, 9.17) is 11.6 Å². The van der Waals surface area contributed by atoms with Crippen LogP contribution in [0.5, 0.6) is 0 Å². The number of aryl methyl sites for hydroxylation is 1. The smallest absolute Gasteiger partial charge is 0.234 e. The van der Waals surface area contributed by atoms with Gasteiger partial charge in [0.25, 0.3) is 0 Å². The van der Waals surface area contributed by atoms with E-state index in [2.05, 4.69) is 26.6 Å². The number of rotatable bonds is 5. The molecule has 0 atom stereocenters. The molecule has 0 heterocycles. The Morgan fingerprint density at radius 2 is 2.06 bits per heavy atom. The Balaban J connectivity index is 2.40. The van der Waals surface area contributed by atoms with Gasteiger partial charge in [0.15, 0.2) is 0 Å². The van der Waals surface area contributed by atoms with Crippen LogP contribution in [0.4, 0.5) is 5.69 Å². The fraction of sp³-hybridized carbons (Fsp3) is 0.333. The van der Waals surface area contributed by atoms with Crippen LogP contribution in [0.15, 0.2) is 22.7 Å². The maximum Gasteiger partial charge on any atom is 0.234 e. The van der Waals surface area contributed by atoms with Gasteiger partial charge in [-0.2, -0.15) is 0 Å². The molecule has 0 unspecified atom stereocenters. The zero-order chi connectivity index (χ0) is 13.5. The number of hydrogen-bond acceptors (Lipinski definition) is 2. The second kappa shape index (κ2) is 7.38. The third-order valence-electron chi connectivity index (χ3n) is 2.25. The Hall–Kier alpha value is -1.07. The lowest BCUT2D eigenvalue weighted by atomic mass is 10.2. The summed E-state index contributed by atoms with van der Waals surface area (Å²) in [5, 5.41) is 5.28. The average molecular weight is 334 g/mol. The van der Waals surface area contributed by atoms with Crippen molar-refractivity contribution in [2.24, 2.45) is 0 Å². The number of nitrogens with one attached hydrogen (secondary N) is 2. The SMILES string of the molecule is Cc1ccc(NC(=O)CCNC(=O)CCl)cc1Br. The van der Waals surface area contributed by atoms with Crippen molar-refractivity contribution in [3.63, 3.8) is 0 Å². The van der Waals surface area contributed by atoms with Gasteiger partial charge in [0.1, 0.15) is 5.88 Å². The van der Waals surface area contributed by atoms with Crippen LogP contribution in [0.25, 0.3) is 0 Å². The molecule has 6 heteroatoms. The van der Waals surface area contributed by atoms with Crippen LogP contribution in [-0.4, -0.2) is 24.2 Å². The van der Waals surface area contributed by atoms with Gasteiger partial charge < -0.3 is 10.6 Å². The molecular weight excluding hydrogens is 320 g/mol. The number of amides is 2. The Morgan fingerprint density at radius 3 is 2.67 bits per heavy atom. The van der Waals surface area contributed by atoms with Crippen molar-refractivity contribution in [2.45, 2.75) is 13.3 Å². The van der Waals surface area contributed by atoms with Gasteiger partial charge in [-0.15, -0.1) is 11.6 Å². The van der Waals surface area contributed by atoms with Crippen molar-refractivity contribution in [3.05, 3.63) is 28.2 Å². The molecule has 0 spiro atoms. The van der Waals surface area contributed by atoms with E-state index in [1.54, 1.807) is 0 Å². The van der Waals surface area contributed by atoms with Crippen molar-refractivity contribution in [1.82, 2.24) is 5.32 Å². The first kappa shape index (κ1) is 15.0. The summed E-state index contributed by atoms with van der Waals surface area (Å²) >= 11 is 8.71. The van der Waals surface area contributed by atoms with Crippen molar-refractivity contribution >= 4 is 45.0 Å². The number of carbonyl (C=O) groups is 2. The Kier molecular flexibility index (Phi) is 6.15. The zero-order valence-corrected chi connectivity index (χ0v) is 12.3. The van der Waals surface area contributed by atoms with E-state index < -0.39 is 0 Å². The minimum atomic E-state index is -0.275. The van der Waals surface area contributed by atoms with Gasteiger partial charge >= 0.3 is 0 Å². The fourth-order valence-corrected chi connectivity index (χ4v) is 1.73. The summed E-state index contributed by atoms with van der Waals surface area (Å²) in [5.74, 6) is -0.518. The molecule has 2 amide bonds. The minimum absolute atomic E-state index is 0.0907. The molecule has 4 nitrogen and oxygen atoms in total. The lowest BCUT2D eigenvalue weighted by molar-refractivity contribution is -0.119. The largest absolute Gasteiger partial charge is 0.355 e. The summed E-state index contributed by atoms with van der Waals surface area (Å²) in [6, 6.07) is 5.58. The molecule has 18 heavy (non-hydrogen) atoms. The van der Waals surface area contributed by atoms with Crippen LogP contribution >= 0.6 is 27.5 Å². The molecule has 0 radical (unpaired) electrons. The molecule has 1 aromatic carbocycles. The second-order valence-corrected chi connectivity index (χ2v) is 4.87. The zero-order valence-electron chi connectivity index (χ0n) is 9.93. The first-order valence-electron chi connectivity index (χ1n) is 5.41. The van der Waals surface area contributed by atoms with E-state index in [1.807, 2.05) is 25.1 Å². The molecule has 0 aliphatic rings. The molecule has 0 fully saturated rings. The highest BCUT2D eigenvalue weighted by atomic mass is 79.9. The van der Waals surface area contributed by atoms with E-state index in [9.17, 15) is 9.59 Å². The molecule has 0 saturated carbocycles. The Bertz CT molecular complexity index is 452. The summed E-state index contributed by atoms with van der Waals surface area (Å²) in [6.45, 7) is 2.25. The predicted molar refractivity (Wildman–Crippen MR) is 75.9 cm³/mol. The number of anilines is 1. The highest BCUT2D eigenvalue weighted by Gasteiger charge is 2.05. The van der Waals surface area contributed by atoms with Crippen molar-refractivity contribution < 1.29 is 9.59 Å². The quantitative estimate of drug-likeness (QED) is 0.813. The van der Waals surface area contributed by atoms with Gasteiger partial charge in [0.05, 0.1) is 0 Å². The predicted octanol–water partition coefficient (Wildman–Crippen LogP) is 2.44. The molecule has 0 aliphatic heterocycles. The summed E-state index contributed by atoms with van der Waals surface area (Å²) in [4.78, 5) is 22.4. The van der Waals surface area contributed by atoms with E-state index >= 15 is 0 Å². The molecule has 98 valence electrons. The molecule has 1 rings (SSSR count). The first-order valence-corrected chi connectivity index (χ1v) is 6.74. The normalized spacial score (nSPS) is 9.94. The van der Waals surface area contributed by atoms with Crippen LogP contribution in [0, 0.1) is 6.92 Å². The maximum absolute atomic E-state index is 11.6. The average Bonchev–Trinajstić information content (AvgIpc) is 2.33. The monoisotopic (exact) mass is 332 g/mol. The third-order valence-corrected chi connectivity index (χ3v) is 3.35. The van der Waals surface area contributed by atoms with Crippen LogP contribution in [0.2, 0.25) is 0 Å². The summed E-state index contributed by atoms with van der Waals surface area (Å²) in [6.07, 6.45) is 0.216. The molecule has 0 aromatic heterocycles. The lowest BCUT2D eigenvalue weighted by Crippen LogP contribution is -2.28. The van der Waals surface area contributed by atoms with E-state index in [1.165, 1.54) is 0 Å². The van der Waals surface area contributed by atoms with Gasteiger partial charge in [-0.3, -0.25) is 9.59 Å². The molecule has 0 bridgehead atoms. The van der Waals surface area contributed by atoms with Gasteiger partial charge in [0.2, 0.25) is 11.8 Å². The second-order valence-electron chi connectivity index (χ2n) is 3.75. The standard InChI is InChI=1S/C12H14BrClN2O2/c1-8-2-3-9(6-10(8)13)16-11(17)4-5-15-12(18)7-14/h2-3,6H,4-5,7H2,1H3,(H,15,18)(H,16,17). The van der Waals surface area contributed by atoms with E-state index in [0.717, 1.165) is 15.7 Å². The van der Waals surface area contributed by atoms with Gasteiger partial charge in [-0.25, -0.2) is 0 Å². The van der Waals surface area contributed by atoms with Gasteiger partial charge in [0, 0.05) is 23.1 Å². The number of halogens is 2.